The minimum Gasteiger partial charge on any atom is -0.457 e. The van der Waals surface area contributed by atoms with E-state index in [9.17, 15) is 0 Å². The Bertz CT molecular complexity index is 1640. The van der Waals surface area contributed by atoms with Gasteiger partial charge in [-0.3, -0.25) is 4.99 Å². The van der Waals surface area contributed by atoms with Gasteiger partial charge in [-0.1, -0.05) is 32.9 Å². The van der Waals surface area contributed by atoms with Crippen molar-refractivity contribution in [3.8, 4) is 17.6 Å². The van der Waals surface area contributed by atoms with Crippen LogP contribution in [0.5, 0.6) is 11.5 Å². The summed E-state index contributed by atoms with van der Waals surface area (Å²) in [5.41, 5.74) is 3.90. The van der Waals surface area contributed by atoms with Crippen LogP contribution in [-0.4, -0.2) is 35.5 Å². The van der Waals surface area contributed by atoms with Crippen molar-refractivity contribution in [2.24, 2.45) is 21.8 Å². The van der Waals surface area contributed by atoms with E-state index in [1.807, 2.05) is 56.6 Å². The van der Waals surface area contributed by atoms with Gasteiger partial charge in [0.2, 0.25) is 5.95 Å². The van der Waals surface area contributed by atoms with E-state index in [4.69, 9.17) is 20.0 Å². The normalized spacial score (nSPS) is 17.0. The molecular formula is C35H43N7O. The maximum Gasteiger partial charge on any atom is 0.226 e. The number of nitrogens with one attached hydrogen (secondary N) is 1. The van der Waals surface area contributed by atoms with Crippen LogP contribution in [0.1, 0.15) is 64.5 Å². The Morgan fingerprint density at radius 1 is 1.21 bits per heavy atom. The van der Waals surface area contributed by atoms with Gasteiger partial charge in [-0.05, 0) is 87.3 Å². The van der Waals surface area contributed by atoms with Crippen LogP contribution >= 0.6 is 0 Å². The fourth-order valence-electron chi connectivity index (χ4n) is 4.89. The third kappa shape index (κ3) is 8.29. The molecule has 0 spiro atoms. The number of benzene rings is 2. The summed E-state index contributed by atoms with van der Waals surface area (Å²) in [7, 11) is 0. The minimum absolute atomic E-state index is 0.349. The number of ether oxygens (including phenoxy) is 1. The predicted molar refractivity (Wildman–Crippen MR) is 178 cm³/mol. The highest BCUT2D eigenvalue weighted by atomic mass is 16.5. The molecule has 2 aromatic carbocycles. The Balaban J connectivity index is 1.63. The maximum atomic E-state index is 9.13. The highest BCUT2D eigenvalue weighted by molar-refractivity contribution is 5.72. The van der Waals surface area contributed by atoms with Gasteiger partial charge in [0.25, 0.3) is 0 Å². The minimum atomic E-state index is 0.349. The Kier molecular flexibility index (Phi) is 11.0. The zero-order valence-corrected chi connectivity index (χ0v) is 26.3. The van der Waals surface area contributed by atoms with Crippen LogP contribution in [0.3, 0.4) is 0 Å². The standard InChI is InChI=1S/C35H43N7O/c1-7-10-28-22-39-35(42-18-16-27(23-42)15-17-36)41-33(28)34(37-9-3)40-29-12-14-32(26(6)19-29)43-30-13-11-25(5)31(20-30)38-21-24(4)8-2/h9-14,19-22,24,27,40H,7-8,15-16,18,23H2,1-6H3/b28-10+,34-33-,37-9-,38-21?. The topological polar surface area (TPSA) is 98.8 Å². The fourth-order valence-corrected chi connectivity index (χ4v) is 4.89. The number of hydrogen-bond donors (Lipinski definition) is 1. The number of aromatic nitrogens is 2. The van der Waals surface area contributed by atoms with Gasteiger partial charge in [-0.15, -0.1) is 0 Å². The first kappa shape index (κ1) is 31.4. The van der Waals surface area contributed by atoms with E-state index in [0.29, 0.717) is 30.0 Å². The second-order valence-corrected chi connectivity index (χ2v) is 11.1. The van der Waals surface area contributed by atoms with Gasteiger partial charge < -0.3 is 15.0 Å². The zero-order chi connectivity index (χ0) is 30.8. The molecule has 0 aliphatic carbocycles. The van der Waals surface area contributed by atoms with Crippen LogP contribution in [0.15, 0.2) is 52.6 Å². The van der Waals surface area contributed by atoms with Crippen molar-refractivity contribution in [1.29, 1.82) is 5.26 Å². The molecule has 3 aromatic rings. The van der Waals surface area contributed by atoms with Crippen LogP contribution < -0.4 is 25.5 Å². The quantitative estimate of drug-likeness (QED) is 0.251. The van der Waals surface area contributed by atoms with E-state index in [2.05, 4.69) is 66.1 Å². The molecule has 4 rings (SSSR count). The highest BCUT2D eigenvalue weighted by Crippen LogP contribution is 2.31. The molecule has 43 heavy (non-hydrogen) atoms. The van der Waals surface area contributed by atoms with Crippen LogP contribution in [0.25, 0.3) is 11.9 Å². The Morgan fingerprint density at radius 3 is 2.77 bits per heavy atom. The average molecular weight is 578 g/mol. The van der Waals surface area contributed by atoms with Crippen LogP contribution in [0, 0.1) is 37.0 Å². The van der Waals surface area contributed by atoms with Crippen molar-refractivity contribution in [3.63, 3.8) is 0 Å². The number of aliphatic imine (C=N–C) groups is 2. The molecule has 224 valence electrons. The van der Waals surface area contributed by atoms with Gasteiger partial charge in [0, 0.05) is 55.1 Å². The molecular weight excluding hydrogens is 534 g/mol. The molecule has 1 aliphatic rings. The molecule has 0 saturated carbocycles. The molecule has 8 heteroatoms. The van der Waals surface area contributed by atoms with Gasteiger partial charge in [0.15, 0.2) is 5.82 Å². The number of nitrogens with zero attached hydrogens (tertiary/aromatic N) is 6. The summed E-state index contributed by atoms with van der Waals surface area (Å²) in [4.78, 5) is 21.2. The van der Waals surface area contributed by atoms with E-state index >= 15 is 0 Å². The summed E-state index contributed by atoms with van der Waals surface area (Å²) >= 11 is 0. The van der Waals surface area contributed by atoms with Gasteiger partial charge in [0.05, 0.1) is 11.8 Å². The lowest BCUT2D eigenvalue weighted by molar-refractivity contribution is 0.479. The first-order valence-electron chi connectivity index (χ1n) is 15.2. The van der Waals surface area contributed by atoms with Crippen molar-refractivity contribution in [2.45, 2.75) is 67.2 Å². The Labute approximate surface area is 255 Å². The van der Waals surface area contributed by atoms with Crippen molar-refractivity contribution in [2.75, 3.05) is 23.3 Å². The second-order valence-electron chi connectivity index (χ2n) is 11.1. The lowest BCUT2D eigenvalue weighted by atomic mass is 10.1. The van der Waals surface area contributed by atoms with E-state index in [-0.39, 0.29) is 0 Å². The molecule has 1 fully saturated rings. The number of aryl methyl sites for hydroxylation is 2. The summed E-state index contributed by atoms with van der Waals surface area (Å²) in [6.07, 6.45) is 11.2. The predicted octanol–water partition coefficient (Wildman–Crippen LogP) is 6.83. The SMILES string of the molecule is C\C=N/C(Nc1ccc(Oc2ccc(C)c(N=CC(C)CC)c2)c(C)c1)=c1/nc(N2CCC(CC#N)C2)nc/c1=C\CC. The van der Waals surface area contributed by atoms with Gasteiger partial charge in [0.1, 0.15) is 16.8 Å². The van der Waals surface area contributed by atoms with E-state index in [1.165, 1.54) is 0 Å². The molecule has 0 bridgehead atoms. The van der Waals surface area contributed by atoms with Gasteiger partial charge in [-0.25, -0.2) is 15.0 Å². The number of anilines is 2. The summed E-state index contributed by atoms with van der Waals surface area (Å²) in [6, 6.07) is 14.3. The van der Waals surface area contributed by atoms with Crippen molar-refractivity contribution in [3.05, 3.63) is 64.3 Å². The molecule has 8 nitrogen and oxygen atoms in total. The molecule has 0 radical (unpaired) electrons. The van der Waals surface area contributed by atoms with Gasteiger partial charge in [-0.2, -0.15) is 5.26 Å². The number of rotatable bonds is 11. The molecule has 1 saturated heterocycles. The molecule has 1 N–H and O–H groups in total. The fraction of sp³-hybridized carbons (Fsp3) is 0.400. The smallest absolute Gasteiger partial charge is 0.226 e. The monoisotopic (exact) mass is 577 g/mol. The lowest BCUT2D eigenvalue weighted by Crippen LogP contribution is -2.36. The van der Waals surface area contributed by atoms with Gasteiger partial charge >= 0.3 is 0 Å². The zero-order valence-electron chi connectivity index (χ0n) is 26.3. The van der Waals surface area contributed by atoms with E-state index < -0.39 is 0 Å². The first-order valence-corrected chi connectivity index (χ1v) is 15.2. The summed E-state index contributed by atoms with van der Waals surface area (Å²) in [5.74, 6) is 3.62. The summed E-state index contributed by atoms with van der Waals surface area (Å²) in [5, 5.41) is 14.3. The molecule has 1 aliphatic heterocycles. The Morgan fingerprint density at radius 2 is 2.05 bits per heavy atom. The molecule has 2 unspecified atom stereocenters. The number of nitriles is 1. The van der Waals surface area contributed by atoms with E-state index in [0.717, 1.165) is 76.9 Å². The third-order valence-corrected chi connectivity index (χ3v) is 7.62. The molecule has 0 amide bonds. The third-order valence-electron chi connectivity index (χ3n) is 7.62. The largest absolute Gasteiger partial charge is 0.457 e. The average Bonchev–Trinajstić information content (AvgIpc) is 3.47. The first-order chi connectivity index (χ1) is 20.8. The summed E-state index contributed by atoms with van der Waals surface area (Å²) < 4.78 is 6.29. The van der Waals surface area contributed by atoms with Crippen molar-refractivity contribution in [1.82, 2.24) is 9.97 Å². The summed E-state index contributed by atoms with van der Waals surface area (Å²) in [6.45, 7) is 14.0. The Hall–Kier alpha value is -4.51. The molecule has 2 atom stereocenters. The lowest BCUT2D eigenvalue weighted by Gasteiger charge is -2.16. The van der Waals surface area contributed by atoms with Crippen molar-refractivity contribution >= 4 is 41.6 Å². The van der Waals surface area contributed by atoms with Crippen LogP contribution in [0.2, 0.25) is 0 Å². The molecule has 1 aromatic heterocycles. The highest BCUT2D eigenvalue weighted by Gasteiger charge is 2.24. The van der Waals surface area contributed by atoms with Crippen LogP contribution in [-0.2, 0) is 0 Å². The maximum absolute atomic E-state index is 9.13. The van der Waals surface area contributed by atoms with Crippen LogP contribution in [0.4, 0.5) is 17.3 Å². The van der Waals surface area contributed by atoms with E-state index in [1.54, 1.807) is 6.21 Å². The second kappa shape index (κ2) is 15.1. The number of hydrogen-bond acceptors (Lipinski definition) is 8. The molecule has 2 heterocycles. The van der Waals surface area contributed by atoms with Crippen molar-refractivity contribution < 1.29 is 4.74 Å².